The van der Waals surface area contributed by atoms with Gasteiger partial charge in [-0.2, -0.15) is 0 Å². The lowest BCUT2D eigenvalue weighted by Crippen LogP contribution is -2.48. The smallest absolute Gasteiger partial charge is 0.319 e. The van der Waals surface area contributed by atoms with Gasteiger partial charge in [-0.3, -0.25) is 4.90 Å². The van der Waals surface area contributed by atoms with Crippen molar-refractivity contribution in [2.75, 3.05) is 83.3 Å². The van der Waals surface area contributed by atoms with Gasteiger partial charge in [0.2, 0.25) is 15.4 Å². The molecule has 388 valence electrons. The average molecular weight is 1030 g/mol. The molecule has 4 aromatic carbocycles. The lowest BCUT2D eigenvalue weighted by Gasteiger charge is -2.34. The van der Waals surface area contributed by atoms with Crippen LogP contribution in [0.2, 0.25) is 0 Å². The van der Waals surface area contributed by atoms with Crippen molar-refractivity contribution >= 4 is 49.3 Å². The minimum absolute atomic E-state index is 0.0419. The second-order valence-electron chi connectivity index (χ2n) is 18.5. The number of unbranched alkanes of at least 4 members (excludes halogenated alkanes) is 1. The largest absolute Gasteiger partial charge is 0.497 e. The van der Waals surface area contributed by atoms with Crippen LogP contribution in [-0.4, -0.2) is 123 Å². The van der Waals surface area contributed by atoms with Gasteiger partial charge in [-0.1, -0.05) is 42.8 Å². The van der Waals surface area contributed by atoms with Crippen molar-refractivity contribution in [1.29, 1.82) is 0 Å². The molecule has 0 spiro atoms. The molecule has 4 aromatic rings. The number of ether oxygens (including phenoxy) is 1. The third kappa shape index (κ3) is 13.6. The SMILES string of the molecule is CCN(CC)c1ccc2c(-c3ccc(S(O)(O)O)cc3S(=O)(=O)NCCCC[C@H](CNC(=O)Nc3ccccc3)N(C)C[C@H]3CCCN3CCc3ccc(OC)cc3)c3ccc(=[N+](CC)CC)cc-3oc2c1. The number of fused-ring (bicyclic) bond motifs is 2. The maximum absolute atomic E-state index is 14.7. The molecule has 7 rings (SSSR count). The van der Waals surface area contributed by atoms with E-state index in [1.807, 2.05) is 78.9 Å². The molecular formula is C55H74N7O8S2+. The number of carbonyl (C=O) groups excluding carboxylic acids is 1. The molecule has 0 saturated carbocycles. The van der Waals surface area contributed by atoms with E-state index in [4.69, 9.17) is 9.15 Å². The highest BCUT2D eigenvalue weighted by molar-refractivity contribution is 8.19. The summed E-state index contributed by atoms with van der Waals surface area (Å²) in [6, 6.07) is 33.4. The molecule has 2 aliphatic heterocycles. The van der Waals surface area contributed by atoms with Crippen molar-refractivity contribution in [3.8, 4) is 28.2 Å². The lowest BCUT2D eigenvalue weighted by molar-refractivity contribution is 0.152. The summed E-state index contributed by atoms with van der Waals surface area (Å²) >= 11 is 0. The summed E-state index contributed by atoms with van der Waals surface area (Å²) in [6.45, 7) is 14.7. The van der Waals surface area contributed by atoms with E-state index in [-0.39, 0.29) is 28.4 Å². The maximum atomic E-state index is 14.7. The zero-order valence-electron chi connectivity index (χ0n) is 42.6. The minimum Gasteiger partial charge on any atom is -0.497 e. The molecule has 17 heteroatoms. The first-order valence-corrected chi connectivity index (χ1v) is 28.3. The van der Waals surface area contributed by atoms with Gasteiger partial charge in [0, 0.05) is 96.9 Å². The number of nitrogens with zero attached hydrogens (tertiary/aromatic N) is 4. The highest BCUT2D eigenvalue weighted by Gasteiger charge is 2.30. The summed E-state index contributed by atoms with van der Waals surface area (Å²) in [5.41, 5.74) is 5.07. The quantitative estimate of drug-likeness (QED) is 0.0193. The van der Waals surface area contributed by atoms with E-state index in [1.54, 1.807) is 7.11 Å². The van der Waals surface area contributed by atoms with Crippen LogP contribution in [0.4, 0.5) is 16.2 Å². The van der Waals surface area contributed by atoms with Crippen LogP contribution in [0.3, 0.4) is 0 Å². The van der Waals surface area contributed by atoms with Crippen molar-refractivity contribution in [3.05, 3.63) is 120 Å². The van der Waals surface area contributed by atoms with Gasteiger partial charge in [0.15, 0.2) is 0 Å². The standard InChI is InChI=1S/C55H73N7O8S2/c1-7-60(8-2)42-23-28-48-51(35-42)70-52-36-43(61(9-3)10-4)24-29-49(52)54(48)50-30-27-47(72(66,67)68)37-53(50)71(64,65)57-32-15-14-19-44(38-56-55(63)58-41-17-12-11-13-18-41)59(5)39-45-20-16-33-62(45)34-31-40-21-25-46(69-6)26-22-40/h11-13,17-18,21-30,35-37,44-45,57H,7-10,14-16,19-20,31-34,38-39H2,1-6H3,(H4-,56,58,63,66,67,68)/p+1/t44-,45-/m1/s1. The topological polar surface area (TPSA) is 183 Å². The predicted molar refractivity (Wildman–Crippen MR) is 292 cm³/mol. The number of hydrogen-bond donors (Lipinski definition) is 6. The van der Waals surface area contributed by atoms with Gasteiger partial charge >= 0.3 is 6.03 Å². The van der Waals surface area contributed by atoms with Crippen LogP contribution in [-0.2, 0) is 16.4 Å². The molecule has 2 amide bonds. The van der Waals surface area contributed by atoms with Crippen LogP contribution < -0.4 is 34.9 Å². The summed E-state index contributed by atoms with van der Waals surface area (Å²) < 4.78 is 77.8. The first kappa shape index (κ1) is 54.3. The molecule has 2 atom stereocenters. The van der Waals surface area contributed by atoms with Gasteiger partial charge in [0.05, 0.1) is 23.0 Å². The zero-order chi connectivity index (χ0) is 51.4. The second kappa shape index (κ2) is 25.0. The molecule has 0 aromatic heterocycles. The fraction of sp³-hybridized carbons (Fsp3) is 0.418. The summed E-state index contributed by atoms with van der Waals surface area (Å²) in [4.78, 5) is 19.7. The van der Waals surface area contributed by atoms with Gasteiger partial charge in [-0.15, -0.1) is 0 Å². The Bertz CT molecular complexity index is 2880. The number of methoxy groups -OCH3 is 1. The van der Waals surface area contributed by atoms with Gasteiger partial charge in [-0.05, 0) is 134 Å². The molecule has 0 radical (unpaired) electrons. The Labute approximate surface area is 427 Å². The number of rotatable bonds is 24. The van der Waals surface area contributed by atoms with E-state index in [9.17, 15) is 26.9 Å². The molecule has 0 bridgehead atoms. The number of nitrogens with one attached hydrogen (secondary N) is 3. The Morgan fingerprint density at radius 2 is 1.62 bits per heavy atom. The van der Waals surface area contributed by atoms with Crippen molar-refractivity contribution in [2.45, 2.75) is 88.1 Å². The molecule has 6 N–H and O–H groups in total. The molecule has 1 fully saturated rings. The zero-order valence-corrected chi connectivity index (χ0v) is 44.3. The minimum atomic E-state index is -4.34. The molecule has 3 aliphatic rings. The van der Waals surface area contributed by atoms with Gasteiger partial charge in [-0.25, -0.2) is 22.5 Å². The van der Waals surface area contributed by atoms with Crippen LogP contribution in [0.25, 0.3) is 33.4 Å². The summed E-state index contributed by atoms with van der Waals surface area (Å²) in [5, 5.41) is 7.64. The van der Waals surface area contributed by atoms with E-state index < -0.39 is 20.9 Å². The molecule has 15 nitrogen and oxygen atoms in total. The van der Waals surface area contributed by atoms with Crippen molar-refractivity contribution in [3.63, 3.8) is 0 Å². The molecule has 1 saturated heterocycles. The van der Waals surface area contributed by atoms with E-state index in [0.717, 1.165) is 87.9 Å². The fourth-order valence-electron chi connectivity index (χ4n) is 9.95. The van der Waals surface area contributed by atoms with Crippen molar-refractivity contribution in [2.24, 2.45) is 0 Å². The van der Waals surface area contributed by atoms with Crippen LogP contribution >= 0.6 is 10.9 Å². The molecule has 72 heavy (non-hydrogen) atoms. The number of urea groups is 1. The lowest BCUT2D eigenvalue weighted by atomic mass is 9.93. The van der Waals surface area contributed by atoms with E-state index in [0.29, 0.717) is 71.0 Å². The maximum Gasteiger partial charge on any atom is 0.319 e. The van der Waals surface area contributed by atoms with Gasteiger partial charge in [0.25, 0.3) is 0 Å². The first-order chi connectivity index (χ1) is 34.7. The molecule has 0 unspecified atom stereocenters. The number of benzene rings is 5. The van der Waals surface area contributed by atoms with Gasteiger partial charge in [0.1, 0.15) is 41.1 Å². The van der Waals surface area contributed by atoms with Crippen LogP contribution in [0.15, 0.2) is 123 Å². The highest BCUT2D eigenvalue weighted by atomic mass is 32.3. The Morgan fingerprint density at radius 1 is 0.889 bits per heavy atom. The number of likely N-dealkylation sites (N-methyl/N-ethyl adjacent to an activating group) is 1. The summed E-state index contributed by atoms with van der Waals surface area (Å²) in [7, 11) is -4.86. The highest BCUT2D eigenvalue weighted by Crippen LogP contribution is 2.48. The predicted octanol–water partition coefficient (Wildman–Crippen LogP) is 9.73. The molecule has 1 aliphatic carbocycles. The van der Waals surface area contributed by atoms with Crippen LogP contribution in [0, 0.1) is 0 Å². The third-order valence-corrected chi connectivity index (χ3v) is 16.4. The third-order valence-electron chi connectivity index (χ3n) is 14.0. The Morgan fingerprint density at radius 3 is 2.32 bits per heavy atom. The number of para-hydroxylation sites is 1. The monoisotopic (exact) mass is 1020 g/mol. The van der Waals surface area contributed by atoms with E-state index in [2.05, 4.69) is 81.5 Å². The molecular weight excluding hydrogens is 951 g/mol. The van der Waals surface area contributed by atoms with E-state index >= 15 is 0 Å². The van der Waals surface area contributed by atoms with E-state index in [1.165, 1.54) is 17.7 Å². The number of likely N-dealkylation sites (tertiary alicyclic amines) is 1. The Hall–Kier alpha value is -5.50. The fourth-order valence-corrected chi connectivity index (χ4v) is 11.9. The number of anilines is 2. The first-order valence-electron chi connectivity index (χ1n) is 25.3. The Kier molecular flexibility index (Phi) is 18.8. The van der Waals surface area contributed by atoms with Crippen LogP contribution in [0.1, 0.15) is 65.4 Å². The normalized spacial score (nSPS) is 15.0. The average Bonchev–Trinajstić information content (AvgIpc) is 3.82. The number of carbonyl (C=O) groups is 1. The summed E-state index contributed by atoms with van der Waals surface area (Å²) in [6.07, 6.45) is 4.95. The molecule has 2 heterocycles. The Balaban J connectivity index is 1.12. The second-order valence-corrected chi connectivity index (χ2v) is 21.7. The summed E-state index contributed by atoms with van der Waals surface area (Å²) in [5.74, 6) is 1.40. The number of hydrogen-bond acceptors (Lipinski definition) is 11. The number of amides is 2. The van der Waals surface area contributed by atoms with Crippen LogP contribution in [0.5, 0.6) is 5.75 Å². The van der Waals surface area contributed by atoms with Crippen molar-refractivity contribution < 1.29 is 36.0 Å². The van der Waals surface area contributed by atoms with Crippen molar-refractivity contribution in [1.82, 2.24) is 24.4 Å². The number of sulfonamides is 1. The van der Waals surface area contributed by atoms with Gasteiger partial charge < -0.3 is 43.2 Å².